The van der Waals surface area contributed by atoms with Crippen LogP contribution in [0.1, 0.15) is 52.4 Å². The average molecular weight is 253 g/mol. The minimum absolute atomic E-state index is 0.193. The van der Waals surface area contributed by atoms with Gasteiger partial charge in [0.2, 0.25) is 5.91 Å². The maximum atomic E-state index is 12.1. The van der Waals surface area contributed by atoms with Crippen LogP contribution in [0.4, 0.5) is 0 Å². The molecule has 2 rings (SSSR count). The molecule has 2 unspecified atom stereocenters. The monoisotopic (exact) mass is 253 g/mol. The molecule has 3 nitrogen and oxygen atoms in total. The van der Waals surface area contributed by atoms with Crippen LogP contribution in [-0.4, -0.2) is 36.6 Å². The molecule has 1 amide bonds. The summed E-state index contributed by atoms with van der Waals surface area (Å²) in [7, 11) is 0. The van der Waals surface area contributed by atoms with E-state index >= 15 is 0 Å². The SMILES string of the molecule is CC1CC(C)CN(C(=O)COC2CCCCC2)C1. The van der Waals surface area contributed by atoms with Gasteiger partial charge in [-0.2, -0.15) is 0 Å². The molecule has 104 valence electrons. The molecule has 1 saturated heterocycles. The molecule has 2 aliphatic rings. The quantitative estimate of drug-likeness (QED) is 0.774. The molecule has 0 spiro atoms. The van der Waals surface area contributed by atoms with Gasteiger partial charge in [0, 0.05) is 13.1 Å². The van der Waals surface area contributed by atoms with Crippen LogP contribution >= 0.6 is 0 Å². The van der Waals surface area contributed by atoms with Crippen LogP contribution in [0.25, 0.3) is 0 Å². The second kappa shape index (κ2) is 6.55. The molecular weight excluding hydrogens is 226 g/mol. The van der Waals surface area contributed by atoms with Crippen molar-refractivity contribution in [1.29, 1.82) is 0 Å². The summed E-state index contributed by atoms with van der Waals surface area (Å²) in [6.07, 6.45) is 7.71. The second-order valence-corrected chi connectivity index (χ2v) is 6.32. The Morgan fingerprint density at radius 1 is 1.11 bits per heavy atom. The minimum Gasteiger partial charge on any atom is -0.368 e. The van der Waals surface area contributed by atoms with Crippen molar-refractivity contribution in [2.75, 3.05) is 19.7 Å². The minimum atomic E-state index is 0.193. The first-order valence-electron chi connectivity index (χ1n) is 7.54. The van der Waals surface area contributed by atoms with E-state index in [2.05, 4.69) is 13.8 Å². The van der Waals surface area contributed by atoms with Crippen molar-refractivity contribution in [3.63, 3.8) is 0 Å². The zero-order chi connectivity index (χ0) is 13.0. The number of ether oxygens (including phenoxy) is 1. The molecule has 1 aliphatic carbocycles. The van der Waals surface area contributed by atoms with Crippen LogP contribution in [0.15, 0.2) is 0 Å². The zero-order valence-corrected chi connectivity index (χ0v) is 11.9. The molecule has 0 aromatic rings. The van der Waals surface area contributed by atoms with Gasteiger partial charge in [-0.05, 0) is 31.1 Å². The lowest BCUT2D eigenvalue weighted by Crippen LogP contribution is -2.44. The fourth-order valence-corrected chi connectivity index (χ4v) is 3.38. The van der Waals surface area contributed by atoms with E-state index in [1.165, 1.54) is 25.7 Å². The van der Waals surface area contributed by atoms with Crippen LogP contribution < -0.4 is 0 Å². The van der Waals surface area contributed by atoms with E-state index < -0.39 is 0 Å². The average Bonchev–Trinajstić information content (AvgIpc) is 2.36. The number of carbonyl (C=O) groups excluding carboxylic acids is 1. The van der Waals surface area contributed by atoms with Gasteiger partial charge in [0.1, 0.15) is 6.61 Å². The van der Waals surface area contributed by atoms with E-state index in [1.54, 1.807) is 0 Å². The number of nitrogens with zero attached hydrogens (tertiary/aromatic N) is 1. The van der Waals surface area contributed by atoms with Gasteiger partial charge in [-0.1, -0.05) is 33.1 Å². The van der Waals surface area contributed by atoms with Gasteiger partial charge in [-0.25, -0.2) is 0 Å². The van der Waals surface area contributed by atoms with Gasteiger partial charge >= 0.3 is 0 Å². The Balaban J connectivity index is 1.73. The maximum Gasteiger partial charge on any atom is 0.248 e. The number of hydrogen-bond donors (Lipinski definition) is 0. The van der Waals surface area contributed by atoms with E-state index in [-0.39, 0.29) is 5.91 Å². The van der Waals surface area contributed by atoms with Gasteiger partial charge in [0.15, 0.2) is 0 Å². The van der Waals surface area contributed by atoms with E-state index in [4.69, 9.17) is 4.74 Å². The van der Waals surface area contributed by atoms with Crippen LogP contribution in [-0.2, 0) is 9.53 Å². The highest BCUT2D eigenvalue weighted by Gasteiger charge is 2.26. The molecule has 1 heterocycles. The highest BCUT2D eigenvalue weighted by Crippen LogP contribution is 2.22. The van der Waals surface area contributed by atoms with Crippen molar-refractivity contribution in [2.24, 2.45) is 11.8 Å². The highest BCUT2D eigenvalue weighted by atomic mass is 16.5. The van der Waals surface area contributed by atoms with Crippen LogP contribution in [0.3, 0.4) is 0 Å². The third-order valence-electron chi connectivity index (χ3n) is 4.22. The van der Waals surface area contributed by atoms with E-state index in [0.717, 1.165) is 25.9 Å². The molecule has 0 aromatic carbocycles. The number of hydrogen-bond acceptors (Lipinski definition) is 2. The lowest BCUT2D eigenvalue weighted by atomic mass is 9.92. The number of amides is 1. The molecule has 0 bridgehead atoms. The van der Waals surface area contributed by atoms with Crippen molar-refractivity contribution in [2.45, 2.75) is 58.5 Å². The molecule has 2 fully saturated rings. The summed E-state index contributed by atoms with van der Waals surface area (Å²) in [5.74, 6) is 1.46. The Bertz CT molecular complexity index is 264. The maximum absolute atomic E-state index is 12.1. The number of likely N-dealkylation sites (tertiary alicyclic amines) is 1. The first-order valence-corrected chi connectivity index (χ1v) is 7.54. The lowest BCUT2D eigenvalue weighted by Gasteiger charge is -2.35. The normalized spacial score (nSPS) is 30.4. The Morgan fingerprint density at radius 2 is 1.72 bits per heavy atom. The predicted octanol–water partition coefficient (Wildman–Crippen LogP) is 2.84. The molecule has 3 heteroatoms. The molecule has 2 atom stereocenters. The number of carbonyl (C=O) groups is 1. The Morgan fingerprint density at radius 3 is 2.33 bits per heavy atom. The second-order valence-electron chi connectivity index (χ2n) is 6.32. The molecule has 1 saturated carbocycles. The van der Waals surface area contributed by atoms with E-state index in [0.29, 0.717) is 24.5 Å². The predicted molar refractivity (Wildman–Crippen MR) is 72.4 cm³/mol. The summed E-state index contributed by atoms with van der Waals surface area (Å²) in [5.41, 5.74) is 0. The Labute approximate surface area is 111 Å². The fourth-order valence-electron chi connectivity index (χ4n) is 3.38. The number of rotatable bonds is 3. The first-order chi connectivity index (χ1) is 8.65. The molecule has 1 aliphatic heterocycles. The third kappa shape index (κ3) is 3.98. The van der Waals surface area contributed by atoms with Gasteiger partial charge in [-0.3, -0.25) is 4.79 Å². The summed E-state index contributed by atoms with van der Waals surface area (Å²) in [6.45, 7) is 6.59. The summed E-state index contributed by atoms with van der Waals surface area (Å²) in [5, 5.41) is 0. The fraction of sp³-hybridized carbons (Fsp3) is 0.933. The topological polar surface area (TPSA) is 29.5 Å². The highest BCUT2D eigenvalue weighted by molar-refractivity contribution is 5.77. The van der Waals surface area contributed by atoms with Gasteiger partial charge < -0.3 is 9.64 Å². The van der Waals surface area contributed by atoms with E-state index in [9.17, 15) is 4.79 Å². The first kappa shape index (κ1) is 13.9. The van der Waals surface area contributed by atoms with Crippen molar-refractivity contribution in [3.05, 3.63) is 0 Å². The summed E-state index contributed by atoms with van der Waals surface area (Å²) in [6, 6.07) is 0. The Kier molecular flexibility index (Phi) is 5.04. The molecule has 0 aromatic heterocycles. The van der Waals surface area contributed by atoms with Crippen LogP contribution in [0.2, 0.25) is 0 Å². The molecule has 0 N–H and O–H groups in total. The summed E-state index contributed by atoms with van der Waals surface area (Å²) >= 11 is 0. The lowest BCUT2D eigenvalue weighted by molar-refractivity contribution is -0.141. The van der Waals surface area contributed by atoms with Crippen LogP contribution in [0.5, 0.6) is 0 Å². The zero-order valence-electron chi connectivity index (χ0n) is 11.9. The summed E-state index contributed by atoms with van der Waals surface area (Å²) < 4.78 is 5.78. The van der Waals surface area contributed by atoms with Gasteiger partial charge in [0.05, 0.1) is 6.10 Å². The molecular formula is C15H27NO2. The smallest absolute Gasteiger partial charge is 0.248 e. The van der Waals surface area contributed by atoms with Crippen molar-refractivity contribution < 1.29 is 9.53 Å². The van der Waals surface area contributed by atoms with E-state index in [1.807, 2.05) is 4.90 Å². The summed E-state index contributed by atoms with van der Waals surface area (Å²) in [4.78, 5) is 14.1. The van der Waals surface area contributed by atoms with Crippen LogP contribution in [0, 0.1) is 11.8 Å². The van der Waals surface area contributed by atoms with Crippen molar-refractivity contribution in [1.82, 2.24) is 4.90 Å². The Hall–Kier alpha value is -0.570. The standard InChI is InChI=1S/C15H27NO2/c1-12-8-13(2)10-16(9-12)15(17)11-18-14-6-4-3-5-7-14/h12-14H,3-11H2,1-2H3. The van der Waals surface area contributed by atoms with Gasteiger partial charge in [-0.15, -0.1) is 0 Å². The molecule has 18 heavy (non-hydrogen) atoms. The molecule has 0 radical (unpaired) electrons. The van der Waals surface area contributed by atoms with Crippen molar-refractivity contribution >= 4 is 5.91 Å². The third-order valence-corrected chi connectivity index (χ3v) is 4.22. The van der Waals surface area contributed by atoms with Crippen molar-refractivity contribution in [3.8, 4) is 0 Å². The number of piperidine rings is 1. The van der Waals surface area contributed by atoms with Gasteiger partial charge in [0.25, 0.3) is 0 Å². The largest absolute Gasteiger partial charge is 0.368 e.